The molecule has 8 heteroatoms. The molecular weight excluding hydrogens is 617 g/mol. The molecule has 11 rings (SSSR count). The maximum atomic E-state index is 5.11. The fourth-order valence-electron chi connectivity index (χ4n) is 7.41. The summed E-state index contributed by atoms with van der Waals surface area (Å²) in [5.74, 6) is 2.70. The zero-order valence-corrected chi connectivity index (χ0v) is 26.6. The van der Waals surface area contributed by atoms with Crippen molar-refractivity contribution in [1.29, 1.82) is 0 Å². The van der Waals surface area contributed by atoms with Crippen molar-refractivity contribution in [2.45, 2.75) is 0 Å². The van der Waals surface area contributed by atoms with E-state index in [1.807, 2.05) is 66.7 Å². The van der Waals surface area contributed by atoms with E-state index in [0.29, 0.717) is 17.6 Å². The highest BCUT2D eigenvalue weighted by atomic mass is 15.3. The maximum absolute atomic E-state index is 5.11. The number of hydrogen-bond donors (Lipinski definition) is 0. The summed E-state index contributed by atoms with van der Waals surface area (Å²) in [6, 6.07) is 54.3. The van der Waals surface area contributed by atoms with Crippen LogP contribution in [-0.4, -0.2) is 37.9 Å². The Morgan fingerprint density at radius 3 is 1.62 bits per heavy atom. The van der Waals surface area contributed by atoms with Gasteiger partial charge >= 0.3 is 0 Å². The Labute approximate surface area is 284 Å². The number of para-hydroxylation sites is 6. The number of aromatic nitrogens is 8. The summed E-state index contributed by atoms with van der Waals surface area (Å²) in [4.78, 5) is 20.3. The number of nitrogens with zero attached hydrogens (tertiary/aromatic N) is 8. The topological polar surface area (TPSA) is 70.2 Å². The van der Waals surface area contributed by atoms with Crippen LogP contribution in [-0.2, 0) is 0 Å². The molecule has 5 heterocycles. The van der Waals surface area contributed by atoms with Gasteiger partial charge in [-0.05, 0) is 54.6 Å². The minimum Gasteiger partial charge on any atom is -0.293 e. The SMILES string of the molecule is c1ccc(-c2nc(-c3ccccc3)nc(-n3c4ccccc4n4c5cc(-n6c7ccccc7n7c8ccccc8nc67)ccc5cc34)n2)cc1. The number of benzene rings is 6. The molecule has 0 bridgehead atoms. The molecule has 8 nitrogen and oxygen atoms in total. The third-order valence-corrected chi connectivity index (χ3v) is 9.61. The molecule has 0 saturated carbocycles. The summed E-state index contributed by atoms with van der Waals surface area (Å²) in [5.41, 5.74) is 11.3. The van der Waals surface area contributed by atoms with Gasteiger partial charge in [0.15, 0.2) is 11.6 Å². The van der Waals surface area contributed by atoms with Gasteiger partial charge in [0.25, 0.3) is 0 Å². The van der Waals surface area contributed by atoms with Gasteiger partial charge in [0, 0.05) is 16.5 Å². The quantitative estimate of drug-likeness (QED) is 0.192. The normalized spacial score (nSPS) is 12.0. The minimum atomic E-state index is 0.564. The zero-order valence-electron chi connectivity index (χ0n) is 26.6. The Balaban J connectivity index is 1.19. The predicted molar refractivity (Wildman–Crippen MR) is 199 cm³/mol. The summed E-state index contributed by atoms with van der Waals surface area (Å²) in [6.45, 7) is 0. The van der Waals surface area contributed by atoms with Gasteiger partial charge in [-0.25, -0.2) is 9.97 Å². The van der Waals surface area contributed by atoms with Gasteiger partial charge in [-0.2, -0.15) is 9.97 Å². The average Bonchev–Trinajstić information content (AvgIpc) is 3.91. The molecule has 0 N–H and O–H groups in total. The van der Waals surface area contributed by atoms with Crippen molar-refractivity contribution >= 4 is 55.4 Å². The van der Waals surface area contributed by atoms with Crippen LogP contribution in [0, 0.1) is 0 Å². The van der Waals surface area contributed by atoms with E-state index < -0.39 is 0 Å². The van der Waals surface area contributed by atoms with E-state index in [2.05, 4.69) is 109 Å². The monoisotopic (exact) mass is 642 g/mol. The summed E-state index contributed by atoms with van der Waals surface area (Å²) >= 11 is 0. The van der Waals surface area contributed by atoms with E-state index >= 15 is 0 Å². The van der Waals surface area contributed by atoms with E-state index in [1.165, 1.54) is 0 Å². The predicted octanol–water partition coefficient (Wildman–Crippen LogP) is 9.30. The second-order valence-electron chi connectivity index (χ2n) is 12.5. The summed E-state index contributed by atoms with van der Waals surface area (Å²) < 4.78 is 8.98. The van der Waals surface area contributed by atoms with Crippen molar-refractivity contribution in [3.05, 3.63) is 158 Å². The molecule has 6 aromatic carbocycles. The second kappa shape index (κ2) is 10.2. The molecule has 0 fully saturated rings. The third kappa shape index (κ3) is 3.81. The Morgan fingerprint density at radius 2 is 0.940 bits per heavy atom. The average molecular weight is 643 g/mol. The maximum Gasteiger partial charge on any atom is 0.240 e. The van der Waals surface area contributed by atoms with Crippen LogP contribution in [0.1, 0.15) is 0 Å². The van der Waals surface area contributed by atoms with E-state index in [9.17, 15) is 0 Å². The van der Waals surface area contributed by atoms with Gasteiger partial charge < -0.3 is 0 Å². The van der Waals surface area contributed by atoms with E-state index in [-0.39, 0.29) is 0 Å². The van der Waals surface area contributed by atoms with Crippen LogP contribution in [0.25, 0.3) is 89.8 Å². The first-order valence-electron chi connectivity index (χ1n) is 16.6. The Kier molecular flexibility index (Phi) is 5.51. The van der Waals surface area contributed by atoms with E-state index in [1.54, 1.807) is 0 Å². The van der Waals surface area contributed by atoms with Crippen LogP contribution in [0.5, 0.6) is 0 Å². The fraction of sp³-hybridized carbons (Fsp3) is 0. The molecule has 0 amide bonds. The first-order valence-corrected chi connectivity index (χ1v) is 16.6. The van der Waals surface area contributed by atoms with Crippen molar-refractivity contribution in [3.8, 4) is 34.4 Å². The van der Waals surface area contributed by atoms with Crippen molar-refractivity contribution in [3.63, 3.8) is 0 Å². The highest BCUT2D eigenvalue weighted by Gasteiger charge is 2.22. The second-order valence-corrected chi connectivity index (χ2v) is 12.5. The minimum absolute atomic E-state index is 0.564. The summed E-state index contributed by atoms with van der Waals surface area (Å²) in [5, 5.41) is 1.12. The highest BCUT2D eigenvalue weighted by Crippen LogP contribution is 2.35. The number of hydrogen-bond acceptors (Lipinski definition) is 4. The third-order valence-electron chi connectivity index (χ3n) is 9.61. The first kappa shape index (κ1) is 26.9. The van der Waals surface area contributed by atoms with Gasteiger partial charge in [0.05, 0.1) is 44.3 Å². The van der Waals surface area contributed by atoms with Crippen LogP contribution < -0.4 is 0 Å². The molecule has 0 aliphatic carbocycles. The molecule has 0 aliphatic heterocycles. The van der Waals surface area contributed by atoms with Crippen molar-refractivity contribution in [2.24, 2.45) is 0 Å². The molecule has 0 unspecified atom stereocenters. The molecule has 0 aliphatic rings. The summed E-state index contributed by atoms with van der Waals surface area (Å²) in [6.07, 6.45) is 0. The fourth-order valence-corrected chi connectivity index (χ4v) is 7.41. The van der Waals surface area contributed by atoms with Gasteiger partial charge in [-0.1, -0.05) is 103 Å². The van der Waals surface area contributed by atoms with Crippen molar-refractivity contribution < 1.29 is 0 Å². The molecule has 0 spiro atoms. The lowest BCUT2D eigenvalue weighted by atomic mass is 10.2. The molecular formula is C42H26N8. The highest BCUT2D eigenvalue weighted by molar-refractivity contribution is 5.98. The standard InChI is InChI=1S/C42H26N8/c1-3-13-27(14-4-1)39-44-40(28-15-5-2-6-16-28)46-41(45-39)50-36-22-12-10-20-34(36)48-37-26-30(24-23-29(37)25-38(48)50)47-33-19-9-11-21-35(33)49-32-18-8-7-17-31(32)43-42(47)49/h1-26H. The Morgan fingerprint density at radius 1 is 0.380 bits per heavy atom. The van der Waals surface area contributed by atoms with Crippen LogP contribution in [0.4, 0.5) is 0 Å². The van der Waals surface area contributed by atoms with Gasteiger partial charge in [0.2, 0.25) is 11.7 Å². The zero-order chi connectivity index (χ0) is 32.8. The Bertz CT molecular complexity index is 3030. The lowest BCUT2D eigenvalue weighted by Crippen LogP contribution is -2.06. The van der Waals surface area contributed by atoms with E-state index in [4.69, 9.17) is 19.9 Å². The van der Waals surface area contributed by atoms with Crippen LogP contribution in [0.2, 0.25) is 0 Å². The van der Waals surface area contributed by atoms with Crippen molar-refractivity contribution in [2.75, 3.05) is 0 Å². The summed E-state index contributed by atoms with van der Waals surface area (Å²) in [7, 11) is 0. The molecule has 5 aromatic heterocycles. The van der Waals surface area contributed by atoms with Gasteiger partial charge in [-0.3, -0.25) is 17.9 Å². The molecule has 11 aromatic rings. The van der Waals surface area contributed by atoms with Crippen LogP contribution in [0.15, 0.2) is 158 Å². The molecule has 0 radical (unpaired) electrons. The first-order chi connectivity index (χ1) is 24.8. The van der Waals surface area contributed by atoms with Gasteiger partial charge in [-0.15, -0.1) is 0 Å². The molecule has 0 atom stereocenters. The smallest absolute Gasteiger partial charge is 0.240 e. The van der Waals surface area contributed by atoms with Crippen molar-refractivity contribution in [1.82, 2.24) is 37.9 Å². The Hall–Kier alpha value is -7.06. The van der Waals surface area contributed by atoms with Crippen LogP contribution in [0.3, 0.4) is 0 Å². The van der Waals surface area contributed by atoms with Crippen LogP contribution >= 0.6 is 0 Å². The molecule has 234 valence electrons. The number of imidazole rings is 3. The molecule has 0 saturated heterocycles. The van der Waals surface area contributed by atoms with Gasteiger partial charge in [0.1, 0.15) is 5.65 Å². The largest absolute Gasteiger partial charge is 0.293 e. The lowest BCUT2D eigenvalue weighted by Gasteiger charge is -2.09. The number of rotatable bonds is 4. The number of fused-ring (bicyclic) bond motifs is 10. The molecule has 50 heavy (non-hydrogen) atoms. The van der Waals surface area contributed by atoms with E-state index in [0.717, 1.165) is 72.2 Å². The lowest BCUT2D eigenvalue weighted by molar-refractivity contribution is 0.947.